The fourth-order valence-corrected chi connectivity index (χ4v) is 1.73. The lowest BCUT2D eigenvalue weighted by Gasteiger charge is -2.10. The van der Waals surface area contributed by atoms with E-state index in [9.17, 15) is 4.79 Å². The highest BCUT2D eigenvalue weighted by atomic mass is 16.5. The molecule has 17 heavy (non-hydrogen) atoms. The molecule has 0 bridgehead atoms. The van der Waals surface area contributed by atoms with Crippen molar-refractivity contribution < 1.29 is 14.3 Å². The van der Waals surface area contributed by atoms with Crippen LogP contribution >= 0.6 is 0 Å². The van der Waals surface area contributed by atoms with Crippen LogP contribution < -0.4 is 4.74 Å². The lowest BCUT2D eigenvalue weighted by atomic mass is 10.1. The first kappa shape index (κ1) is 12.1. The summed E-state index contributed by atoms with van der Waals surface area (Å²) in [5, 5.41) is 0. The third-order valence-electron chi connectivity index (χ3n) is 2.99. The van der Waals surface area contributed by atoms with Crippen LogP contribution in [0.3, 0.4) is 0 Å². The van der Waals surface area contributed by atoms with Crippen LogP contribution in [-0.2, 0) is 11.3 Å². The number of carbonyl (C=O) groups is 1. The first-order valence-corrected chi connectivity index (χ1v) is 5.96. The van der Waals surface area contributed by atoms with Crippen molar-refractivity contribution in [1.29, 1.82) is 0 Å². The molecule has 0 unspecified atom stereocenters. The maximum absolute atomic E-state index is 11.3. The van der Waals surface area contributed by atoms with Gasteiger partial charge in [0.15, 0.2) is 5.78 Å². The molecule has 1 aliphatic rings. The molecule has 1 fully saturated rings. The van der Waals surface area contributed by atoms with Crippen molar-refractivity contribution in [1.82, 2.24) is 0 Å². The molecule has 92 valence electrons. The number of hydrogen-bond donors (Lipinski definition) is 0. The van der Waals surface area contributed by atoms with E-state index in [-0.39, 0.29) is 5.78 Å². The zero-order chi connectivity index (χ0) is 12.3. The van der Waals surface area contributed by atoms with E-state index >= 15 is 0 Å². The average molecular weight is 234 g/mol. The van der Waals surface area contributed by atoms with Crippen LogP contribution in [0.4, 0.5) is 0 Å². The smallest absolute Gasteiger partial charge is 0.159 e. The minimum absolute atomic E-state index is 0.0658. The molecule has 1 aromatic carbocycles. The molecule has 0 atom stereocenters. The van der Waals surface area contributed by atoms with Gasteiger partial charge in [-0.15, -0.1) is 0 Å². The number of rotatable bonds is 6. The molecule has 1 aliphatic carbocycles. The number of ether oxygens (including phenoxy) is 2. The summed E-state index contributed by atoms with van der Waals surface area (Å²) < 4.78 is 10.9. The fraction of sp³-hybridized carbons (Fsp3) is 0.500. The SMILES string of the molecule is COc1ccc(C(C)=O)cc1COCC1CC1. The van der Waals surface area contributed by atoms with Crippen LogP contribution in [0.25, 0.3) is 0 Å². The van der Waals surface area contributed by atoms with Gasteiger partial charge in [0.25, 0.3) is 0 Å². The van der Waals surface area contributed by atoms with E-state index in [1.165, 1.54) is 12.8 Å². The summed E-state index contributed by atoms with van der Waals surface area (Å²) in [5.74, 6) is 1.60. The zero-order valence-corrected chi connectivity index (χ0v) is 10.4. The number of ketones is 1. The second kappa shape index (κ2) is 5.32. The Bertz CT molecular complexity index is 408. The highest BCUT2D eigenvalue weighted by molar-refractivity contribution is 5.94. The van der Waals surface area contributed by atoms with Gasteiger partial charge in [0.1, 0.15) is 5.75 Å². The van der Waals surface area contributed by atoms with Gasteiger partial charge < -0.3 is 9.47 Å². The summed E-state index contributed by atoms with van der Waals surface area (Å²) in [7, 11) is 1.63. The van der Waals surface area contributed by atoms with E-state index in [1.54, 1.807) is 20.1 Å². The standard InChI is InChI=1S/C14H18O3/c1-10(15)12-5-6-14(16-2)13(7-12)9-17-8-11-3-4-11/h5-7,11H,3-4,8-9H2,1-2H3. The van der Waals surface area contributed by atoms with Crippen LogP contribution in [0.1, 0.15) is 35.7 Å². The monoisotopic (exact) mass is 234 g/mol. The molecule has 1 saturated carbocycles. The van der Waals surface area contributed by atoms with E-state index < -0.39 is 0 Å². The van der Waals surface area contributed by atoms with Gasteiger partial charge in [-0.2, -0.15) is 0 Å². The highest BCUT2D eigenvalue weighted by Gasteiger charge is 2.21. The second-order valence-corrected chi connectivity index (χ2v) is 4.54. The molecule has 0 amide bonds. The van der Waals surface area contributed by atoms with Crippen molar-refractivity contribution in [2.45, 2.75) is 26.4 Å². The van der Waals surface area contributed by atoms with Gasteiger partial charge in [0.05, 0.1) is 13.7 Å². The van der Waals surface area contributed by atoms with Crippen molar-refractivity contribution in [3.63, 3.8) is 0 Å². The van der Waals surface area contributed by atoms with Crippen LogP contribution in [0.15, 0.2) is 18.2 Å². The lowest BCUT2D eigenvalue weighted by Crippen LogP contribution is -2.01. The Balaban J connectivity index is 2.04. The van der Waals surface area contributed by atoms with E-state index in [0.29, 0.717) is 12.2 Å². The molecule has 2 rings (SSSR count). The van der Waals surface area contributed by atoms with Gasteiger partial charge in [-0.1, -0.05) is 0 Å². The van der Waals surface area contributed by atoms with Crippen molar-refractivity contribution in [2.75, 3.05) is 13.7 Å². The minimum atomic E-state index is 0.0658. The zero-order valence-electron chi connectivity index (χ0n) is 10.4. The van der Waals surface area contributed by atoms with Gasteiger partial charge in [0, 0.05) is 17.7 Å². The largest absolute Gasteiger partial charge is 0.496 e. The maximum Gasteiger partial charge on any atom is 0.159 e. The topological polar surface area (TPSA) is 35.5 Å². The van der Waals surface area contributed by atoms with E-state index in [1.807, 2.05) is 12.1 Å². The highest BCUT2D eigenvalue weighted by Crippen LogP contribution is 2.29. The first-order chi connectivity index (χ1) is 8.20. The Morgan fingerprint density at radius 3 is 2.76 bits per heavy atom. The summed E-state index contributed by atoms with van der Waals surface area (Å²) in [6.45, 7) is 2.89. The van der Waals surface area contributed by atoms with Crippen molar-refractivity contribution in [3.05, 3.63) is 29.3 Å². The Hall–Kier alpha value is -1.35. The Morgan fingerprint density at radius 2 is 2.18 bits per heavy atom. The quantitative estimate of drug-likeness (QED) is 0.710. The predicted molar refractivity (Wildman–Crippen MR) is 65.4 cm³/mol. The van der Waals surface area contributed by atoms with Crippen LogP contribution in [0.2, 0.25) is 0 Å². The summed E-state index contributed by atoms with van der Waals surface area (Å²) in [6, 6.07) is 5.46. The predicted octanol–water partition coefficient (Wildman–Crippen LogP) is 2.82. The molecule has 3 nitrogen and oxygen atoms in total. The maximum atomic E-state index is 11.3. The van der Waals surface area contributed by atoms with Gasteiger partial charge in [0.2, 0.25) is 0 Å². The molecular formula is C14H18O3. The summed E-state index contributed by atoms with van der Waals surface area (Å²) in [4.78, 5) is 11.3. The summed E-state index contributed by atoms with van der Waals surface area (Å²) in [5.41, 5.74) is 1.65. The number of hydrogen-bond acceptors (Lipinski definition) is 3. The third kappa shape index (κ3) is 3.30. The Kier molecular flexibility index (Phi) is 3.79. The second-order valence-electron chi connectivity index (χ2n) is 4.54. The molecule has 0 radical (unpaired) electrons. The van der Waals surface area contributed by atoms with Crippen LogP contribution in [-0.4, -0.2) is 19.5 Å². The van der Waals surface area contributed by atoms with Crippen LogP contribution in [0.5, 0.6) is 5.75 Å². The molecule has 0 aromatic heterocycles. The van der Waals surface area contributed by atoms with Gasteiger partial charge in [-0.25, -0.2) is 0 Å². The fourth-order valence-electron chi connectivity index (χ4n) is 1.73. The molecule has 1 aromatic rings. The van der Waals surface area contributed by atoms with Crippen LogP contribution in [0, 0.1) is 5.92 Å². The molecule has 3 heteroatoms. The molecule has 0 aliphatic heterocycles. The van der Waals surface area contributed by atoms with Crippen molar-refractivity contribution in [3.8, 4) is 5.75 Å². The van der Waals surface area contributed by atoms with Gasteiger partial charge in [-0.3, -0.25) is 4.79 Å². The molecule has 0 saturated heterocycles. The Morgan fingerprint density at radius 1 is 1.41 bits per heavy atom. The molecule has 0 N–H and O–H groups in total. The van der Waals surface area contributed by atoms with Gasteiger partial charge >= 0.3 is 0 Å². The molecule has 0 heterocycles. The lowest BCUT2D eigenvalue weighted by molar-refractivity contribution is 0.101. The van der Waals surface area contributed by atoms with E-state index in [4.69, 9.17) is 9.47 Å². The summed E-state index contributed by atoms with van der Waals surface area (Å²) in [6.07, 6.45) is 2.56. The third-order valence-corrected chi connectivity index (χ3v) is 2.99. The number of benzene rings is 1. The number of Topliss-reactive ketones (excluding diaryl/α,β-unsaturated/α-hetero) is 1. The van der Waals surface area contributed by atoms with Gasteiger partial charge in [-0.05, 0) is 43.9 Å². The first-order valence-electron chi connectivity index (χ1n) is 5.96. The van der Waals surface area contributed by atoms with Crippen molar-refractivity contribution >= 4 is 5.78 Å². The number of methoxy groups -OCH3 is 1. The minimum Gasteiger partial charge on any atom is -0.496 e. The Labute approximate surface area is 102 Å². The summed E-state index contributed by atoms with van der Waals surface area (Å²) >= 11 is 0. The normalized spacial score (nSPS) is 14.7. The molecule has 0 spiro atoms. The number of carbonyl (C=O) groups excluding carboxylic acids is 1. The average Bonchev–Trinajstić information content (AvgIpc) is 3.13. The molecular weight excluding hydrogens is 216 g/mol. The van der Waals surface area contributed by atoms with Crippen molar-refractivity contribution in [2.24, 2.45) is 5.92 Å². The van der Waals surface area contributed by atoms with E-state index in [2.05, 4.69) is 0 Å². The van der Waals surface area contributed by atoms with E-state index in [0.717, 1.165) is 23.8 Å².